The molecular formula is C14H17NO5. The predicted molar refractivity (Wildman–Crippen MR) is 70.6 cm³/mol. The molecule has 0 aliphatic heterocycles. The highest BCUT2D eigenvalue weighted by Crippen LogP contribution is 2.14. The highest BCUT2D eigenvalue weighted by atomic mass is 16.5. The van der Waals surface area contributed by atoms with E-state index in [9.17, 15) is 14.4 Å². The summed E-state index contributed by atoms with van der Waals surface area (Å²) < 4.78 is 9.47. The van der Waals surface area contributed by atoms with E-state index in [1.807, 2.05) is 0 Å². The van der Waals surface area contributed by atoms with Crippen LogP contribution in [-0.4, -0.2) is 31.1 Å². The number of hydrogen-bond donors (Lipinski definition) is 1. The minimum atomic E-state index is -1.03. The lowest BCUT2D eigenvalue weighted by Crippen LogP contribution is -2.39. The van der Waals surface area contributed by atoms with Gasteiger partial charge in [0.2, 0.25) is 0 Å². The van der Waals surface area contributed by atoms with E-state index in [1.54, 1.807) is 44.2 Å². The summed E-state index contributed by atoms with van der Waals surface area (Å²) >= 11 is 0. The minimum absolute atomic E-state index is 0.0850. The molecule has 20 heavy (non-hydrogen) atoms. The van der Waals surface area contributed by atoms with Gasteiger partial charge in [-0.1, -0.05) is 30.3 Å². The molecule has 0 aromatic heterocycles. The Morgan fingerprint density at radius 1 is 1.05 bits per heavy atom. The third kappa shape index (κ3) is 4.38. The Kier molecular flexibility index (Phi) is 6.22. The molecular weight excluding hydrogens is 262 g/mol. The summed E-state index contributed by atoms with van der Waals surface area (Å²) in [6.07, 6.45) is 0. The van der Waals surface area contributed by atoms with Gasteiger partial charge < -0.3 is 14.8 Å². The molecule has 1 aromatic carbocycles. The van der Waals surface area contributed by atoms with Gasteiger partial charge in [-0.3, -0.25) is 4.79 Å². The zero-order chi connectivity index (χ0) is 15.0. The number of carbonyl (C=O) groups excluding carboxylic acids is 3. The molecule has 0 saturated heterocycles. The van der Waals surface area contributed by atoms with E-state index in [0.717, 1.165) is 0 Å². The smallest absolute Gasteiger partial charge is 0.396 e. The molecule has 6 nitrogen and oxygen atoms in total. The van der Waals surface area contributed by atoms with Crippen LogP contribution in [0.4, 0.5) is 0 Å². The maximum absolute atomic E-state index is 11.9. The van der Waals surface area contributed by atoms with Gasteiger partial charge in [-0.05, 0) is 19.4 Å². The molecule has 0 aliphatic rings. The van der Waals surface area contributed by atoms with Crippen LogP contribution in [0.2, 0.25) is 0 Å². The fourth-order valence-corrected chi connectivity index (χ4v) is 1.54. The molecule has 0 bridgehead atoms. The van der Waals surface area contributed by atoms with E-state index in [1.165, 1.54) is 0 Å². The standard InChI is InChI=1S/C14H17NO5/c1-3-19-13(17)11(10-8-6-5-7-9-10)15-12(16)14(18)20-4-2/h5-9,11H,3-4H2,1-2H3,(H,15,16)/t11-/m0/s1. The molecule has 1 rings (SSSR count). The Balaban J connectivity index is 2.86. The zero-order valence-electron chi connectivity index (χ0n) is 11.4. The van der Waals surface area contributed by atoms with Crippen molar-refractivity contribution in [3.05, 3.63) is 35.9 Å². The van der Waals surface area contributed by atoms with Crippen molar-refractivity contribution in [2.24, 2.45) is 0 Å². The van der Waals surface area contributed by atoms with E-state index in [4.69, 9.17) is 4.74 Å². The zero-order valence-corrected chi connectivity index (χ0v) is 11.4. The Morgan fingerprint density at radius 2 is 1.65 bits per heavy atom. The summed E-state index contributed by atoms with van der Waals surface area (Å²) in [5, 5.41) is 2.31. The number of rotatable bonds is 5. The lowest BCUT2D eigenvalue weighted by atomic mass is 10.1. The van der Waals surface area contributed by atoms with E-state index in [-0.39, 0.29) is 13.2 Å². The van der Waals surface area contributed by atoms with Crippen LogP contribution in [0, 0.1) is 0 Å². The van der Waals surface area contributed by atoms with E-state index in [2.05, 4.69) is 10.1 Å². The van der Waals surface area contributed by atoms with Crippen molar-refractivity contribution in [3.8, 4) is 0 Å². The second-order valence-electron chi connectivity index (χ2n) is 3.79. The molecule has 0 unspecified atom stereocenters. The molecule has 0 radical (unpaired) electrons. The Hall–Kier alpha value is -2.37. The van der Waals surface area contributed by atoms with Crippen LogP contribution < -0.4 is 5.32 Å². The van der Waals surface area contributed by atoms with Crippen molar-refractivity contribution in [1.82, 2.24) is 5.32 Å². The fourth-order valence-electron chi connectivity index (χ4n) is 1.54. The summed E-state index contributed by atoms with van der Waals surface area (Å²) in [4.78, 5) is 34.8. The molecule has 108 valence electrons. The van der Waals surface area contributed by atoms with Gasteiger partial charge >= 0.3 is 17.8 Å². The van der Waals surface area contributed by atoms with Crippen LogP contribution in [0.25, 0.3) is 0 Å². The summed E-state index contributed by atoms with van der Waals surface area (Å²) in [5.41, 5.74) is 0.531. The van der Waals surface area contributed by atoms with Gasteiger partial charge in [-0.2, -0.15) is 0 Å². The summed E-state index contributed by atoms with van der Waals surface area (Å²) in [7, 11) is 0. The van der Waals surface area contributed by atoms with Gasteiger partial charge in [0.15, 0.2) is 6.04 Å². The van der Waals surface area contributed by atoms with E-state index in [0.29, 0.717) is 5.56 Å². The molecule has 0 aliphatic carbocycles. The monoisotopic (exact) mass is 279 g/mol. The highest BCUT2D eigenvalue weighted by molar-refractivity contribution is 6.32. The molecule has 0 saturated carbocycles. The summed E-state index contributed by atoms with van der Waals surface area (Å²) in [5.74, 6) is -2.64. The normalized spacial score (nSPS) is 11.3. The predicted octanol–water partition coefficient (Wildman–Crippen LogP) is 0.970. The van der Waals surface area contributed by atoms with Crippen LogP contribution in [0.1, 0.15) is 25.5 Å². The van der Waals surface area contributed by atoms with Crippen molar-refractivity contribution in [3.63, 3.8) is 0 Å². The van der Waals surface area contributed by atoms with Gasteiger partial charge in [0, 0.05) is 0 Å². The molecule has 1 atom stereocenters. The first-order valence-electron chi connectivity index (χ1n) is 6.29. The average Bonchev–Trinajstić information content (AvgIpc) is 2.45. The third-order valence-corrected chi connectivity index (χ3v) is 2.39. The van der Waals surface area contributed by atoms with Gasteiger partial charge in [-0.15, -0.1) is 0 Å². The summed E-state index contributed by atoms with van der Waals surface area (Å²) in [6.45, 7) is 3.51. The van der Waals surface area contributed by atoms with E-state index < -0.39 is 23.9 Å². The number of nitrogens with one attached hydrogen (secondary N) is 1. The Morgan fingerprint density at radius 3 is 2.20 bits per heavy atom. The topological polar surface area (TPSA) is 81.7 Å². The van der Waals surface area contributed by atoms with Crippen molar-refractivity contribution >= 4 is 17.8 Å². The Labute approximate surface area is 117 Å². The molecule has 1 aromatic rings. The minimum Gasteiger partial charge on any atom is -0.464 e. The largest absolute Gasteiger partial charge is 0.464 e. The number of carbonyl (C=O) groups is 3. The lowest BCUT2D eigenvalue weighted by molar-refractivity contribution is -0.156. The first-order valence-corrected chi connectivity index (χ1v) is 6.29. The number of amides is 1. The van der Waals surface area contributed by atoms with E-state index >= 15 is 0 Å². The molecule has 1 amide bonds. The highest BCUT2D eigenvalue weighted by Gasteiger charge is 2.27. The molecule has 0 fully saturated rings. The maximum atomic E-state index is 11.9. The van der Waals surface area contributed by atoms with Crippen molar-refractivity contribution < 1.29 is 23.9 Å². The van der Waals surface area contributed by atoms with Gasteiger partial charge in [-0.25, -0.2) is 9.59 Å². The quantitative estimate of drug-likeness (QED) is 0.641. The number of hydrogen-bond acceptors (Lipinski definition) is 5. The SMILES string of the molecule is CCOC(=O)C(=O)N[C@H](C(=O)OCC)c1ccccc1. The second-order valence-corrected chi connectivity index (χ2v) is 3.79. The maximum Gasteiger partial charge on any atom is 0.396 e. The van der Waals surface area contributed by atoms with Crippen LogP contribution >= 0.6 is 0 Å². The summed E-state index contributed by atoms with van der Waals surface area (Å²) in [6, 6.07) is 7.50. The van der Waals surface area contributed by atoms with Crippen LogP contribution in [0.15, 0.2) is 30.3 Å². The van der Waals surface area contributed by atoms with Gasteiger partial charge in [0.05, 0.1) is 13.2 Å². The van der Waals surface area contributed by atoms with Gasteiger partial charge in [0.1, 0.15) is 0 Å². The Bertz CT molecular complexity index is 472. The van der Waals surface area contributed by atoms with Crippen LogP contribution in [0.5, 0.6) is 0 Å². The number of benzene rings is 1. The molecule has 1 N–H and O–H groups in total. The van der Waals surface area contributed by atoms with Crippen molar-refractivity contribution in [2.45, 2.75) is 19.9 Å². The number of esters is 2. The average molecular weight is 279 g/mol. The van der Waals surface area contributed by atoms with Crippen molar-refractivity contribution in [1.29, 1.82) is 0 Å². The number of ether oxygens (including phenoxy) is 2. The fraction of sp³-hybridized carbons (Fsp3) is 0.357. The van der Waals surface area contributed by atoms with Crippen LogP contribution in [-0.2, 0) is 23.9 Å². The third-order valence-electron chi connectivity index (χ3n) is 2.39. The van der Waals surface area contributed by atoms with Crippen molar-refractivity contribution in [2.75, 3.05) is 13.2 Å². The molecule has 0 heterocycles. The molecule has 6 heteroatoms. The first-order chi connectivity index (χ1) is 9.60. The van der Waals surface area contributed by atoms with Gasteiger partial charge in [0.25, 0.3) is 0 Å². The lowest BCUT2D eigenvalue weighted by Gasteiger charge is -2.17. The first kappa shape index (κ1) is 15.7. The molecule has 0 spiro atoms. The van der Waals surface area contributed by atoms with Crippen LogP contribution in [0.3, 0.4) is 0 Å². The second kappa shape index (κ2) is 7.93.